The maximum Gasteiger partial charge on any atom is 0.573 e. The molecule has 1 atom stereocenters. The van der Waals surface area contributed by atoms with Gasteiger partial charge in [-0.05, 0) is 54.1 Å². The monoisotopic (exact) mass is 471 g/mol. The van der Waals surface area contributed by atoms with Crippen LogP contribution in [0.3, 0.4) is 0 Å². The smallest absolute Gasteiger partial charge is 0.457 e. The molecule has 3 rings (SSSR count). The van der Waals surface area contributed by atoms with E-state index in [0.717, 1.165) is 12.1 Å². The van der Waals surface area contributed by atoms with Gasteiger partial charge in [-0.3, -0.25) is 0 Å². The number of para-hydroxylation sites is 1. The molecule has 10 heteroatoms. The molecular formula is C23H19F6NO3. The molecule has 0 aliphatic carbocycles. The number of hydrogen-bond acceptors (Lipinski definition) is 4. The fourth-order valence-corrected chi connectivity index (χ4v) is 2.98. The first-order chi connectivity index (χ1) is 15.5. The zero-order valence-corrected chi connectivity index (χ0v) is 17.0. The molecule has 0 radical (unpaired) electrons. The van der Waals surface area contributed by atoms with E-state index >= 15 is 0 Å². The highest BCUT2D eigenvalue weighted by molar-refractivity contribution is 5.50. The molecule has 4 nitrogen and oxygen atoms in total. The van der Waals surface area contributed by atoms with Crippen molar-refractivity contribution in [2.75, 3.05) is 11.4 Å². The van der Waals surface area contributed by atoms with Crippen molar-refractivity contribution in [2.45, 2.75) is 25.2 Å². The van der Waals surface area contributed by atoms with Crippen molar-refractivity contribution in [3.8, 4) is 17.2 Å². The minimum absolute atomic E-state index is 0.207. The van der Waals surface area contributed by atoms with Crippen LogP contribution in [0.25, 0.3) is 0 Å². The van der Waals surface area contributed by atoms with Crippen molar-refractivity contribution in [1.29, 1.82) is 0 Å². The quantitative estimate of drug-likeness (QED) is 0.391. The molecule has 0 heterocycles. The zero-order chi connectivity index (χ0) is 24.1. The molecule has 0 saturated carbocycles. The number of benzene rings is 3. The van der Waals surface area contributed by atoms with Gasteiger partial charge in [-0.25, -0.2) is 0 Å². The van der Waals surface area contributed by atoms with Crippen LogP contribution in [0.15, 0.2) is 78.9 Å². The Bertz CT molecular complexity index is 1020. The Morgan fingerprint density at radius 2 is 1.36 bits per heavy atom. The molecule has 3 aromatic rings. The lowest BCUT2D eigenvalue weighted by Gasteiger charge is -2.28. The minimum atomic E-state index is -4.90. The summed E-state index contributed by atoms with van der Waals surface area (Å²) in [7, 11) is 0. The maximum absolute atomic E-state index is 13.0. The molecule has 0 amide bonds. The third-order valence-electron chi connectivity index (χ3n) is 4.46. The Hall–Kier alpha value is -3.40. The van der Waals surface area contributed by atoms with E-state index < -0.39 is 30.9 Å². The van der Waals surface area contributed by atoms with E-state index in [9.17, 15) is 31.4 Å². The summed E-state index contributed by atoms with van der Waals surface area (Å²) in [6.07, 6.45) is -12.4. The fourth-order valence-electron chi connectivity index (χ4n) is 2.98. The van der Waals surface area contributed by atoms with Gasteiger partial charge in [-0.2, -0.15) is 13.2 Å². The lowest BCUT2D eigenvalue weighted by Crippen LogP contribution is -2.40. The van der Waals surface area contributed by atoms with Gasteiger partial charge in [-0.1, -0.05) is 30.3 Å². The van der Waals surface area contributed by atoms with Crippen molar-refractivity contribution in [2.24, 2.45) is 0 Å². The molecule has 3 aromatic carbocycles. The van der Waals surface area contributed by atoms with E-state index in [0.29, 0.717) is 17.2 Å². The molecule has 0 bridgehead atoms. The normalized spacial score (nSPS) is 12.8. The highest BCUT2D eigenvalue weighted by Gasteiger charge is 2.39. The topological polar surface area (TPSA) is 41.9 Å². The average molecular weight is 471 g/mol. The van der Waals surface area contributed by atoms with Crippen molar-refractivity contribution in [1.82, 2.24) is 0 Å². The highest BCUT2D eigenvalue weighted by Crippen LogP contribution is 2.29. The molecule has 1 unspecified atom stereocenters. The standard InChI is InChI=1S/C23H19F6NO3/c24-22(25,26)21(31)15-30(14-16-5-4-8-20(13-16)33-23(27,28)29)17-9-11-19(12-10-17)32-18-6-2-1-3-7-18/h1-13,21,31H,14-15H2. The third-order valence-corrected chi connectivity index (χ3v) is 4.46. The third kappa shape index (κ3) is 7.60. The summed E-state index contributed by atoms with van der Waals surface area (Å²) in [5.41, 5.74) is 0.566. The van der Waals surface area contributed by atoms with Crippen LogP contribution in [-0.2, 0) is 6.54 Å². The Balaban J connectivity index is 1.82. The second-order valence-electron chi connectivity index (χ2n) is 7.04. The number of ether oxygens (including phenoxy) is 2. The largest absolute Gasteiger partial charge is 0.573 e. The van der Waals surface area contributed by atoms with E-state index in [1.807, 2.05) is 6.07 Å². The Morgan fingerprint density at radius 1 is 0.758 bits per heavy atom. The molecule has 0 saturated heterocycles. The number of nitrogens with zero attached hydrogens (tertiary/aromatic N) is 1. The maximum atomic E-state index is 13.0. The van der Waals surface area contributed by atoms with Gasteiger partial charge in [0, 0.05) is 12.2 Å². The van der Waals surface area contributed by atoms with Crippen LogP contribution in [0.2, 0.25) is 0 Å². The van der Waals surface area contributed by atoms with Crippen LogP contribution in [0.1, 0.15) is 5.56 Å². The number of aliphatic hydroxyl groups is 1. The molecule has 1 N–H and O–H groups in total. The van der Waals surface area contributed by atoms with E-state index in [2.05, 4.69) is 4.74 Å². The number of halogens is 6. The Kier molecular flexibility index (Phi) is 7.37. The van der Waals surface area contributed by atoms with E-state index in [1.54, 1.807) is 36.4 Å². The summed E-state index contributed by atoms with van der Waals surface area (Å²) in [5.74, 6) is 0.501. The predicted octanol–water partition coefficient (Wildman–Crippen LogP) is 6.31. The molecule has 0 spiro atoms. The number of anilines is 1. The molecule has 0 aliphatic heterocycles. The van der Waals surface area contributed by atoms with Gasteiger partial charge in [0.15, 0.2) is 6.10 Å². The van der Waals surface area contributed by atoms with Gasteiger partial charge >= 0.3 is 12.5 Å². The van der Waals surface area contributed by atoms with Crippen LogP contribution in [0, 0.1) is 0 Å². The number of alkyl halides is 6. The van der Waals surface area contributed by atoms with Crippen LogP contribution in [0.4, 0.5) is 32.0 Å². The number of hydrogen-bond donors (Lipinski definition) is 1. The van der Waals surface area contributed by atoms with Gasteiger partial charge in [0.1, 0.15) is 17.2 Å². The van der Waals surface area contributed by atoms with Gasteiger partial charge in [0.05, 0.1) is 6.54 Å². The first-order valence-corrected chi connectivity index (χ1v) is 9.67. The van der Waals surface area contributed by atoms with Gasteiger partial charge < -0.3 is 19.5 Å². The van der Waals surface area contributed by atoms with Crippen LogP contribution >= 0.6 is 0 Å². The Morgan fingerprint density at radius 3 is 1.97 bits per heavy atom. The van der Waals surface area contributed by atoms with Gasteiger partial charge in [0.2, 0.25) is 0 Å². The van der Waals surface area contributed by atoms with E-state index in [-0.39, 0.29) is 12.1 Å². The van der Waals surface area contributed by atoms with Crippen molar-refractivity contribution in [3.63, 3.8) is 0 Å². The highest BCUT2D eigenvalue weighted by atomic mass is 19.4. The summed E-state index contributed by atoms with van der Waals surface area (Å²) < 4.78 is 86.0. The minimum Gasteiger partial charge on any atom is -0.457 e. The molecule has 0 aliphatic rings. The molecule has 176 valence electrons. The lowest BCUT2D eigenvalue weighted by atomic mass is 10.1. The number of aliphatic hydroxyl groups excluding tert-OH is 1. The van der Waals surface area contributed by atoms with Crippen LogP contribution in [-0.4, -0.2) is 30.3 Å². The predicted molar refractivity (Wildman–Crippen MR) is 109 cm³/mol. The fraction of sp³-hybridized carbons (Fsp3) is 0.217. The lowest BCUT2D eigenvalue weighted by molar-refractivity contribution is -0.274. The summed E-state index contributed by atoms with van der Waals surface area (Å²) in [4.78, 5) is 1.21. The van der Waals surface area contributed by atoms with Crippen molar-refractivity contribution < 1.29 is 40.9 Å². The van der Waals surface area contributed by atoms with Crippen molar-refractivity contribution >= 4 is 5.69 Å². The second kappa shape index (κ2) is 10.0. The average Bonchev–Trinajstić information content (AvgIpc) is 2.73. The van der Waals surface area contributed by atoms with Gasteiger partial charge in [0.25, 0.3) is 0 Å². The van der Waals surface area contributed by atoms with Crippen molar-refractivity contribution in [3.05, 3.63) is 84.4 Å². The van der Waals surface area contributed by atoms with E-state index in [1.165, 1.54) is 29.2 Å². The van der Waals surface area contributed by atoms with Crippen LogP contribution in [0.5, 0.6) is 17.2 Å². The summed E-state index contributed by atoms with van der Waals surface area (Å²) in [5, 5.41) is 9.59. The molecule has 0 aromatic heterocycles. The second-order valence-corrected chi connectivity index (χ2v) is 7.04. The summed E-state index contributed by atoms with van der Waals surface area (Å²) in [6.45, 7) is -1.03. The molecular weight excluding hydrogens is 452 g/mol. The molecule has 0 fully saturated rings. The first-order valence-electron chi connectivity index (χ1n) is 9.67. The SMILES string of the molecule is OC(CN(Cc1cccc(OC(F)(F)F)c1)c1ccc(Oc2ccccc2)cc1)C(F)(F)F. The summed E-state index contributed by atoms with van der Waals surface area (Å²) >= 11 is 0. The van der Waals surface area contributed by atoms with E-state index in [4.69, 9.17) is 4.74 Å². The molecule has 33 heavy (non-hydrogen) atoms. The van der Waals surface area contributed by atoms with Crippen LogP contribution < -0.4 is 14.4 Å². The zero-order valence-electron chi connectivity index (χ0n) is 17.0. The summed E-state index contributed by atoms with van der Waals surface area (Å²) in [6, 6.07) is 19.8. The van der Waals surface area contributed by atoms with Gasteiger partial charge in [-0.15, -0.1) is 13.2 Å². The first kappa shape index (κ1) is 24.2. The Labute approximate surface area is 185 Å². The number of rotatable bonds is 8.